The Kier molecular flexibility index (Phi) is 8.94. The maximum absolute atomic E-state index is 11.7. The molecule has 0 heterocycles. The standard InChI is InChI=1S/C31H48O2/c1-2-9-24-14-16-28(17-15-24)31(21-18-27(19-22-31)30(32)33)23-20-29(25-10-5-3-6-11-25)26-12-7-4-8-13-26/h14-17,25-27,29H,2-13,18-23H2,1H3,(H,32,33). The van der Waals surface area contributed by atoms with Crippen LogP contribution >= 0.6 is 0 Å². The predicted octanol–water partition coefficient (Wildman–Crippen LogP) is 8.71. The minimum Gasteiger partial charge on any atom is -0.481 e. The lowest BCUT2D eigenvalue weighted by Gasteiger charge is -2.44. The molecule has 1 aromatic rings. The molecule has 3 fully saturated rings. The Morgan fingerprint density at radius 3 is 1.91 bits per heavy atom. The summed E-state index contributed by atoms with van der Waals surface area (Å²) >= 11 is 0. The maximum Gasteiger partial charge on any atom is 0.306 e. The van der Waals surface area contributed by atoms with Crippen LogP contribution in [0.15, 0.2) is 24.3 Å². The van der Waals surface area contributed by atoms with Crippen molar-refractivity contribution in [2.24, 2.45) is 23.7 Å². The van der Waals surface area contributed by atoms with Crippen LogP contribution in [0.1, 0.15) is 127 Å². The lowest BCUT2D eigenvalue weighted by molar-refractivity contribution is -0.143. The topological polar surface area (TPSA) is 37.3 Å². The first-order valence-corrected chi connectivity index (χ1v) is 14.4. The molecule has 0 aromatic heterocycles. The summed E-state index contributed by atoms with van der Waals surface area (Å²) in [5.74, 6) is 2.08. The summed E-state index contributed by atoms with van der Waals surface area (Å²) in [7, 11) is 0. The first-order valence-electron chi connectivity index (χ1n) is 14.4. The van der Waals surface area contributed by atoms with Crippen molar-refractivity contribution in [2.45, 2.75) is 128 Å². The lowest BCUT2D eigenvalue weighted by atomic mass is 9.61. The lowest BCUT2D eigenvalue weighted by Crippen LogP contribution is -2.36. The summed E-state index contributed by atoms with van der Waals surface area (Å²) in [6, 6.07) is 9.51. The van der Waals surface area contributed by atoms with E-state index >= 15 is 0 Å². The van der Waals surface area contributed by atoms with Gasteiger partial charge in [-0.05, 0) is 79.2 Å². The van der Waals surface area contributed by atoms with Gasteiger partial charge in [-0.15, -0.1) is 0 Å². The first-order chi connectivity index (χ1) is 16.1. The van der Waals surface area contributed by atoms with Crippen molar-refractivity contribution < 1.29 is 9.90 Å². The Morgan fingerprint density at radius 1 is 0.879 bits per heavy atom. The number of benzene rings is 1. The van der Waals surface area contributed by atoms with E-state index in [0.717, 1.165) is 49.9 Å². The second-order valence-electron chi connectivity index (χ2n) is 11.8. The molecule has 0 aliphatic heterocycles. The summed E-state index contributed by atoms with van der Waals surface area (Å²) in [6.07, 6.45) is 23.3. The van der Waals surface area contributed by atoms with Gasteiger partial charge >= 0.3 is 5.97 Å². The van der Waals surface area contributed by atoms with Gasteiger partial charge < -0.3 is 5.11 Å². The molecule has 3 aliphatic carbocycles. The highest BCUT2D eigenvalue weighted by Gasteiger charge is 2.40. The van der Waals surface area contributed by atoms with Crippen molar-refractivity contribution in [3.05, 3.63) is 35.4 Å². The molecule has 1 N–H and O–H groups in total. The van der Waals surface area contributed by atoms with Crippen LogP contribution in [0, 0.1) is 23.7 Å². The van der Waals surface area contributed by atoms with Crippen molar-refractivity contribution >= 4 is 5.97 Å². The number of hydrogen-bond donors (Lipinski definition) is 1. The van der Waals surface area contributed by atoms with Crippen LogP contribution in [0.2, 0.25) is 0 Å². The number of rotatable bonds is 9. The van der Waals surface area contributed by atoms with Crippen LogP contribution in [-0.2, 0) is 16.6 Å². The molecule has 3 saturated carbocycles. The van der Waals surface area contributed by atoms with Gasteiger partial charge in [-0.25, -0.2) is 0 Å². The van der Waals surface area contributed by atoms with Crippen molar-refractivity contribution in [1.29, 1.82) is 0 Å². The molecule has 0 bridgehead atoms. The van der Waals surface area contributed by atoms with E-state index in [9.17, 15) is 9.90 Å². The average molecular weight is 453 g/mol. The number of carbonyl (C=O) groups is 1. The largest absolute Gasteiger partial charge is 0.481 e. The third kappa shape index (κ3) is 6.23. The molecule has 2 heteroatoms. The Hall–Kier alpha value is -1.31. The fraction of sp³-hybridized carbons (Fsp3) is 0.774. The monoisotopic (exact) mass is 452 g/mol. The van der Waals surface area contributed by atoms with Gasteiger partial charge in [0.25, 0.3) is 0 Å². The minimum absolute atomic E-state index is 0.134. The first kappa shape index (κ1) is 24.8. The quantitative estimate of drug-likeness (QED) is 0.407. The van der Waals surface area contributed by atoms with E-state index in [1.807, 2.05) is 0 Å². The van der Waals surface area contributed by atoms with Gasteiger partial charge in [0, 0.05) is 0 Å². The molecule has 0 spiro atoms. The number of carboxylic acids is 1. The van der Waals surface area contributed by atoms with Gasteiger partial charge in [-0.2, -0.15) is 0 Å². The van der Waals surface area contributed by atoms with E-state index in [-0.39, 0.29) is 11.3 Å². The molecule has 0 unspecified atom stereocenters. The van der Waals surface area contributed by atoms with Crippen LogP contribution in [0.25, 0.3) is 0 Å². The van der Waals surface area contributed by atoms with Gasteiger partial charge in [0.15, 0.2) is 0 Å². The number of carboxylic acid groups (broad SMARTS) is 1. The van der Waals surface area contributed by atoms with Crippen molar-refractivity contribution in [1.82, 2.24) is 0 Å². The summed E-state index contributed by atoms with van der Waals surface area (Å²) in [6.45, 7) is 2.25. The van der Waals surface area contributed by atoms with Crippen LogP contribution in [0.3, 0.4) is 0 Å². The highest BCUT2D eigenvalue weighted by atomic mass is 16.4. The second kappa shape index (κ2) is 11.9. The van der Waals surface area contributed by atoms with Crippen LogP contribution < -0.4 is 0 Å². The SMILES string of the molecule is CCCc1ccc(C2(CCC(C3CCCCC3)C3CCCCC3)CCC(C(=O)O)CC2)cc1. The van der Waals surface area contributed by atoms with Gasteiger partial charge in [-0.3, -0.25) is 4.79 Å². The van der Waals surface area contributed by atoms with E-state index in [1.54, 1.807) is 0 Å². The summed E-state index contributed by atoms with van der Waals surface area (Å²) in [5.41, 5.74) is 3.13. The summed E-state index contributed by atoms with van der Waals surface area (Å²) in [5, 5.41) is 9.63. The molecular weight excluding hydrogens is 404 g/mol. The second-order valence-corrected chi connectivity index (χ2v) is 11.8. The van der Waals surface area contributed by atoms with E-state index < -0.39 is 5.97 Å². The zero-order valence-corrected chi connectivity index (χ0v) is 21.2. The van der Waals surface area contributed by atoms with Crippen molar-refractivity contribution in [3.8, 4) is 0 Å². The molecule has 1 aromatic carbocycles. The van der Waals surface area contributed by atoms with Crippen LogP contribution in [-0.4, -0.2) is 11.1 Å². The van der Waals surface area contributed by atoms with Crippen molar-refractivity contribution in [3.63, 3.8) is 0 Å². The predicted molar refractivity (Wildman–Crippen MR) is 138 cm³/mol. The Labute approximate surface area is 202 Å². The van der Waals surface area contributed by atoms with Crippen molar-refractivity contribution in [2.75, 3.05) is 0 Å². The molecule has 0 amide bonds. The third-order valence-corrected chi connectivity index (χ3v) is 9.86. The number of aryl methyl sites for hydroxylation is 1. The molecule has 4 rings (SSSR count). The zero-order chi connectivity index (χ0) is 23.1. The molecule has 33 heavy (non-hydrogen) atoms. The van der Waals surface area contributed by atoms with Crippen LogP contribution in [0.5, 0.6) is 0 Å². The van der Waals surface area contributed by atoms with Crippen LogP contribution in [0.4, 0.5) is 0 Å². The molecule has 0 saturated heterocycles. The fourth-order valence-corrected chi connectivity index (χ4v) is 7.84. The molecular formula is C31H48O2. The minimum atomic E-state index is -0.579. The highest BCUT2D eigenvalue weighted by molar-refractivity contribution is 5.70. The average Bonchev–Trinajstić information content (AvgIpc) is 2.86. The molecule has 184 valence electrons. The Balaban J connectivity index is 1.53. The summed E-state index contributed by atoms with van der Waals surface area (Å²) < 4.78 is 0. The fourth-order valence-electron chi connectivity index (χ4n) is 7.84. The van der Waals surface area contributed by atoms with E-state index in [1.165, 1.54) is 94.6 Å². The summed E-state index contributed by atoms with van der Waals surface area (Å²) in [4.78, 5) is 11.7. The smallest absolute Gasteiger partial charge is 0.306 e. The number of aliphatic carboxylic acids is 1. The van der Waals surface area contributed by atoms with Gasteiger partial charge in [0.2, 0.25) is 0 Å². The van der Waals surface area contributed by atoms with Gasteiger partial charge in [0.1, 0.15) is 0 Å². The van der Waals surface area contributed by atoms with E-state index in [4.69, 9.17) is 0 Å². The zero-order valence-electron chi connectivity index (χ0n) is 21.2. The normalized spacial score (nSPS) is 27.6. The molecule has 0 atom stereocenters. The Morgan fingerprint density at radius 2 is 1.42 bits per heavy atom. The van der Waals surface area contributed by atoms with Gasteiger partial charge in [0.05, 0.1) is 5.92 Å². The molecule has 2 nitrogen and oxygen atoms in total. The Bertz CT molecular complexity index is 698. The van der Waals surface area contributed by atoms with Gasteiger partial charge in [-0.1, -0.05) is 102 Å². The highest BCUT2D eigenvalue weighted by Crippen LogP contribution is 2.49. The van der Waals surface area contributed by atoms with E-state index in [2.05, 4.69) is 31.2 Å². The molecule has 3 aliphatic rings. The molecule has 0 radical (unpaired) electrons. The van der Waals surface area contributed by atoms with E-state index in [0.29, 0.717) is 0 Å². The maximum atomic E-state index is 11.7. The third-order valence-electron chi connectivity index (χ3n) is 9.86. The number of hydrogen-bond acceptors (Lipinski definition) is 1.